The highest BCUT2D eigenvalue weighted by Gasteiger charge is 2.26. The lowest BCUT2D eigenvalue weighted by atomic mass is 10.1. The van der Waals surface area contributed by atoms with Crippen LogP contribution < -0.4 is 5.32 Å². The molecule has 0 bridgehead atoms. The number of aliphatic hydroxyl groups is 1. The molecule has 1 saturated heterocycles. The Bertz CT molecular complexity index is 324. The molecule has 1 saturated carbocycles. The maximum Gasteiger partial charge on any atom is 0.193 e. The average molecular weight is 299 g/mol. The Morgan fingerprint density at radius 2 is 2.25 bits per heavy atom. The van der Waals surface area contributed by atoms with Crippen molar-refractivity contribution in [2.75, 3.05) is 31.9 Å². The molecule has 5 heteroatoms. The predicted octanol–water partition coefficient (Wildman–Crippen LogP) is 1.94. The Balaban J connectivity index is 1.94. The maximum atomic E-state index is 9.92. The lowest BCUT2D eigenvalue weighted by molar-refractivity contribution is 0.136. The number of rotatable bonds is 4. The highest BCUT2D eigenvalue weighted by atomic mass is 32.2. The van der Waals surface area contributed by atoms with Gasteiger partial charge >= 0.3 is 0 Å². The number of aliphatic hydroxyl groups excluding tert-OH is 1. The van der Waals surface area contributed by atoms with Crippen LogP contribution in [0.2, 0.25) is 0 Å². The van der Waals surface area contributed by atoms with Gasteiger partial charge in [-0.1, -0.05) is 13.3 Å². The summed E-state index contributed by atoms with van der Waals surface area (Å²) in [6.45, 7) is 8.24. The number of guanidine groups is 1. The largest absolute Gasteiger partial charge is 0.393 e. The van der Waals surface area contributed by atoms with Crippen LogP contribution in [0.5, 0.6) is 0 Å². The molecule has 0 amide bonds. The number of nitrogens with one attached hydrogen (secondary N) is 1. The second-order valence-corrected chi connectivity index (χ2v) is 7.21. The molecule has 2 aliphatic rings. The fraction of sp³-hybridized carbons (Fsp3) is 0.933. The molecule has 1 aliphatic heterocycles. The maximum absolute atomic E-state index is 9.92. The van der Waals surface area contributed by atoms with Gasteiger partial charge in [0.15, 0.2) is 5.96 Å². The van der Waals surface area contributed by atoms with E-state index in [1.165, 1.54) is 12.2 Å². The van der Waals surface area contributed by atoms with Crippen molar-refractivity contribution in [3.63, 3.8) is 0 Å². The first kappa shape index (κ1) is 16.0. The third-order valence-electron chi connectivity index (χ3n) is 4.32. The molecule has 0 spiro atoms. The van der Waals surface area contributed by atoms with Gasteiger partial charge in [0.1, 0.15) is 0 Å². The number of thioether (sulfide) groups is 1. The second-order valence-electron chi connectivity index (χ2n) is 5.80. The van der Waals surface area contributed by atoms with E-state index in [9.17, 15) is 5.11 Å². The van der Waals surface area contributed by atoms with E-state index in [0.717, 1.165) is 56.7 Å². The lowest BCUT2D eigenvalue weighted by Gasteiger charge is -2.34. The smallest absolute Gasteiger partial charge is 0.193 e. The first-order valence-electron chi connectivity index (χ1n) is 8.07. The molecule has 2 fully saturated rings. The van der Waals surface area contributed by atoms with E-state index in [2.05, 4.69) is 35.8 Å². The number of hydrogen-bond acceptors (Lipinski definition) is 3. The number of nitrogens with zero attached hydrogens (tertiary/aromatic N) is 2. The van der Waals surface area contributed by atoms with Crippen LogP contribution in [-0.4, -0.2) is 59.3 Å². The van der Waals surface area contributed by atoms with Gasteiger partial charge in [-0.15, -0.1) is 0 Å². The fourth-order valence-electron chi connectivity index (χ4n) is 3.02. The van der Waals surface area contributed by atoms with Crippen molar-refractivity contribution in [2.45, 2.75) is 50.9 Å². The zero-order chi connectivity index (χ0) is 14.4. The third kappa shape index (κ3) is 4.29. The highest BCUT2D eigenvalue weighted by molar-refractivity contribution is 8.00. The summed E-state index contributed by atoms with van der Waals surface area (Å²) in [7, 11) is 0. The van der Waals surface area contributed by atoms with Crippen LogP contribution in [0.4, 0.5) is 0 Å². The molecule has 1 aliphatic carbocycles. The SMILES string of the molecule is CCNC(=NCC1CCCC1O)N1CCSC(CC)C1. The number of hydrogen-bond donors (Lipinski definition) is 2. The van der Waals surface area contributed by atoms with Crippen molar-refractivity contribution in [2.24, 2.45) is 10.9 Å². The zero-order valence-corrected chi connectivity index (χ0v) is 13.7. The Labute approximate surface area is 127 Å². The van der Waals surface area contributed by atoms with Crippen LogP contribution in [0.25, 0.3) is 0 Å². The van der Waals surface area contributed by atoms with Gasteiger partial charge < -0.3 is 15.3 Å². The van der Waals surface area contributed by atoms with Crippen LogP contribution in [0, 0.1) is 5.92 Å². The molecule has 0 aromatic carbocycles. The first-order chi connectivity index (χ1) is 9.74. The van der Waals surface area contributed by atoms with Crippen molar-refractivity contribution in [1.82, 2.24) is 10.2 Å². The molecular formula is C15H29N3OS. The average Bonchev–Trinajstić information content (AvgIpc) is 2.89. The van der Waals surface area contributed by atoms with Gasteiger partial charge in [0.2, 0.25) is 0 Å². The minimum Gasteiger partial charge on any atom is -0.393 e. The summed E-state index contributed by atoms with van der Waals surface area (Å²) in [5.74, 6) is 2.60. The van der Waals surface area contributed by atoms with E-state index in [0.29, 0.717) is 5.92 Å². The van der Waals surface area contributed by atoms with E-state index in [1.54, 1.807) is 0 Å². The third-order valence-corrected chi connectivity index (χ3v) is 5.70. The van der Waals surface area contributed by atoms with Crippen molar-refractivity contribution in [1.29, 1.82) is 0 Å². The molecule has 4 nitrogen and oxygen atoms in total. The van der Waals surface area contributed by atoms with Gasteiger partial charge in [-0.05, 0) is 26.2 Å². The quantitative estimate of drug-likeness (QED) is 0.615. The zero-order valence-electron chi connectivity index (χ0n) is 12.8. The van der Waals surface area contributed by atoms with E-state index < -0.39 is 0 Å². The molecule has 2 rings (SSSR count). The monoisotopic (exact) mass is 299 g/mol. The minimum absolute atomic E-state index is 0.137. The first-order valence-corrected chi connectivity index (χ1v) is 9.12. The molecule has 2 N–H and O–H groups in total. The van der Waals surface area contributed by atoms with E-state index in [4.69, 9.17) is 4.99 Å². The van der Waals surface area contributed by atoms with Gasteiger partial charge in [0, 0.05) is 43.1 Å². The highest BCUT2D eigenvalue weighted by Crippen LogP contribution is 2.26. The van der Waals surface area contributed by atoms with E-state index in [1.807, 2.05) is 0 Å². The van der Waals surface area contributed by atoms with Crippen molar-refractivity contribution >= 4 is 17.7 Å². The summed E-state index contributed by atoms with van der Waals surface area (Å²) >= 11 is 2.08. The topological polar surface area (TPSA) is 47.9 Å². The fourth-order valence-corrected chi connectivity index (χ4v) is 4.20. The van der Waals surface area contributed by atoms with Crippen molar-refractivity contribution < 1.29 is 5.11 Å². The summed E-state index contributed by atoms with van der Waals surface area (Å²) in [5.41, 5.74) is 0. The Morgan fingerprint density at radius 1 is 1.40 bits per heavy atom. The van der Waals surface area contributed by atoms with Crippen LogP contribution >= 0.6 is 11.8 Å². The van der Waals surface area contributed by atoms with Gasteiger partial charge in [-0.3, -0.25) is 4.99 Å². The molecular weight excluding hydrogens is 270 g/mol. The molecule has 3 unspecified atom stereocenters. The summed E-state index contributed by atoms with van der Waals surface area (Å²) in [6.07, 6.45) is 4.31. The van der Waals surface area contributed by atoms with Crippen LogP contribution in [-0.2, 0) is 0 Å². The molecule has 116 valence electrons. The second kappa shape index (κ2) is 8.13. The molecule has 0 aromatic heterocycles. The molecule has 3 atom stereocenters. The lowest BCUT2D eigenvalue weighted by Crippen LogP contribution is -2.48. The van der Waals surface area contributed by atoms with Gasteiger partial charge in [0.25, 0.3) is 0 Å². The van der Waals surface area contributed by atoms with E-state index in [-0.39, 0.29) is 6.10 Å². The van der Waals surface area contributed by atoms with Crippen LogP contribution in [0.3, 0.4) is 0 Å². The summed E-state index contributed by atoms with van der Waals surface area (Å²) in [5, 5.41) is 14.1. The Hall–Kier alpha value is -0.420. The predicted molar refractivity (Wildman–Crippen MR) is 87.4 cm³/mol. The van der Waals surface area contributed by atoms with Crippen molar-refractivity contribution in [3.8, 4) is 0 Å². The standard InChI is InChI=1S/C15H29N3OS/c1-3-13-11-18(8-9-20-13)15(16-4-2)17-10-12-6-5-7-14(12)19/h12-14,19H,3-11H2,1-2H3,(H,16,17). The van der Waals surface area contributed by atoms with Crippen molar-refractivity contribution in [3.05, 3.63) is 0 Å². The summed E-state index contributed by atoms with van der Waals surface area (Å²) in [6, 6.07) is 0. The van der Waals surface area contributed by atoms with Gasteiger partial charge in [0.05, 0.1) is 6.10 Å². The normalized spacial score (nSPS) is 31.6. The van der Waals surface area contributed by atoms with Gasteiger partial charge in [-0.25, -0.2) is 0 Å². The Kier molecular flexibility index (Phi) is 6.49. The van der Waals surface area contributed by atoms with E-state index >= 15 is 0 Å². The summed E-state index contributed by atoms with van der Waals surface area (Å²) in [4.78, 5) is 7.20. The Morgan fingerprint density at radius 3 is 2.90 bits per heavy atom. The van der Waals surface area contributed by atoms with Crippen LogP contribution in [0.1, 0.15) is 39.5 Å². The van der Waals surface area contributed by atoms with Crippen LogP contribution in [0.15, 0.2) is 4.99 Å². The molecule has 1 heterocycles. The molecule has 0 aromatic rings. The molecule has 20 heavy (non-hydrogen) atoms. The van der Waals surface area contributed by atoms with Gasteiger partial charge in [-0.2, -0.15) is 11.8 Å². The number of aliphatic imine (C=N–C) groups is 1. The summed E-state index contributed by atoms with van der Waals surface area (Å²) < 4.78 is 0. The minimum atomic E-state index is -0.137. The molecule has 0 radical (unpaired) electrons.